The molecule has 0 saturated carbocycles. The van der Waals surface area contributed by atoms with E-state index in [4.69, 9.17) is 10.2 Å². The van der Waals surface area contributed by atoms with E-state index in [2.05, 4.69) is 31.5 Å². The molecule has 19 heavy (non-hydrogen) atoms. The minimum atomic E-state index is 0.586. The number of furan rings is 1. The third-order valence-electron chi connectivity index (χ3n) is 3.25. The van der Waals surface area contributed by atoms with Crippen molar-refractivity contribution < 1.29 is 4.42 Å². The number of aromatic nitrogens is 2. The van der Waals surface area contributed by atoms with Gasteiger partial charge in [0.05, 0.1) is 5.69 Å². The minimum absolute atomic E-state index is 0.586. The van der Waals surface area contributed by atoms with Gasteiger partial charge in [-0.25, -0.2) is 4.98 Å². The van der Waals surface area contributed by atoms with Crippen LogP contribution in [0, 0.1) is 0 Å². The number of nitrogens with two attached hydrogens (primary N) is 1. The number of hydrogen-bond donors (Lipinski definition) is 1. The Kier molecular flexibility index (Phi) is 3.16. The van der Waals surface area contributed by atoms with Crippen molar-refractivity contribution in [2.45, 2.75) is 6.42 Å². The van der Waals surface area contributed by atoms with E-state index in [0.717, 1.165) is 39.1 Å². The van der Waals surface area contributed by atoms with Gasteiger partial charge in [-0.2, -0.15) is 0 Å². The molecular formula is C14H14BrN3O. The van der Waals surface area contributed by atoms with Gasteiger partial charge in [-0.1, -0.05) is 18.2 Å². The van der Waals surface area contributed by atoms with Crippen LogP contribution >= 0.6 is 15.9 Å². The second kappa shape index (κ2) is 4.83. The number of rotatable bonds is 3. The Hall–Kier alpha value is -1.59. The molecule has 0 radical (unpaired) electrons. The summed E-state index contributed by atoms with van der Waals surface area (Å²) in [4.78, 5) is 4.52. The molecule has 1 aromatic carbocycles. The Labute approximate surface area is 119 Å². The summed E-state index contributed by atoms with van der Waals surface area (Å²) < 4.78 is 8.48. The van der Waals surface area contributed by atoms with Crippen molar-refractivity contribution in [2.24, 2.45) is 12.8 Å². The number of benzene rings is 1. The number of para-hydroxylation sites is 1. The SMILES string of the molecule is Cn1c(CCN)nc(Br)c1-c1coc2ccccc12. The van der Waals surface area contributed by atoms with Crippen molar-refractivity contribution >= 4 is 26.9 Å². The lowest BCUT2D eigenvalue weighted by atomic mass is 10.1. The van der Waals surface area contributed by atoms with Crippen LogP contribution in [0.1, 0.15) is 5.82 Å². The highest BCUT2D eigenvalue weighted by atomic mass is 79.9. The van der Waals surface area contributed by atoms with Gasteiger partial charge in [-0.3, -0.25) is 0 Å². The molecule has 0 atom stereocenters. The van der Waals surface area contributed by atoms with Crippen LogP contribution in [0.3, 0.4) is 0 Å². The lowest BCUT2D eigenvalue weighted by Crippen LogP contribution is -2.08. The van der Waals surface area contributed by atoms with Gasteiger partial charge in [0.15, 0.2) is 0 Å². The molecule has 0 amide bonds. The summed E-state index contributed by atoms with van der Waals surface area (Å²) in [6.45, 7) is 0.586. The summed E-state index contributed by atoms with van der Waals surface area (Å²) in [6.07, 6.45) is 2.53. The molecule has 3 rings (SSSR count). The van der Waals surface area contributed by atoms with E-state index in [9.17, 15) is 0 Å². The topological polar surface area (TPSA) is 57.0 Å². The van der Waals surface area contributed by atoms with E-state index in [1.54, 1.807) is 6.26 Å². The van der Waals surface area contributed by atoms with Crippen LogP contribution in [0.5, 0.6) is 0 Å². The third kappa shape index (κ3) is 1.99. The van der Waals surface area contributed by atoms with Crippen LogP contribution in [-0.2, 0) is 13.5 Å². The molecule has 0 spiro atoms. The highest BCUT2D eigenvalue weighted by molar-refractivity contribution is 9.10. The van der Waals surface area contributed by atoms with Crippen LogP contribution in [0.25, 0.3) is 22.2 Å². The minimum Gasteiger partial charge on any atom is -0.464 e. The molecule has 2 N–H and O–H groups in total. The Morgan fingerprint density at radius 3 is 2.95 bits per heavy atom. The van der Waals surface area contributed by atoms with E-state index in [-0.39, 0.29) is 0 Å². The van der Waals surface area contributed by atoms with Gasteiger partial charge in [0, 0.05) is 24.4 Å². The zero-order valence-corrected chi connectivity index (χ0v) is 12.1. The number of fused-ring (bicyclic) bond motifs is 1. The number of nitrogens with zero attached hydrogens (tertiary/aromatic N) is 2. The summed E-state index contributed by atoms with van der Waals surface area (Å²) in [5, 5.41) is 1.09. The summed E-state index contributed by atoms with van der Waals surface area (Å²) in [5.41, 5.74) is 8.56. The zero-order chi connectivity index (χ0) is 13.4. The van der Waals surface area contributed by atoms with E-state index in [0.29, 0.717) is 6.54 Å². The van der Waals surface area contributed by atoms with E-state index < -0.39 is 0 Å². The molecule has 0 aliphatic carbocycles. The molecule has 4 nitrogen and oxygen atoms in total. The molecule has 0 aliphatic heterocycles. The second-order valence-corrected chi connectivity index (χ2v) is 5.16. The normalized spacial score (nSPS) is 11.3. The molecule has 2 heterocycles. The van der Waals surface area contributed by atoms with Crippen LogP contribution in [0.15, 0.2) is 39.5 Å². The Morgan fingerprint density at radius 1 is 1.37 bits per heavy atom. The molecule has 0 unspecified atom stereocenters. The maximum atomic E-state index is 5.61. The standard InChI is InChI=1S/C14H14BrN3O/c1-18-12(6-7-16)17-14(15)13(18)10-8-19-11-5-3-2-4-9(10)11/h2-5,8H,6-7,16H2,1H3. The van der Waals surface area contributed by atoms with Gasteiger partial charge < -0.3 is 14.7 Å². The summed E-state index contributed by atoms with van der Waals surface area (Å²) in [6, 6.07) is 7.99. The van der Waals surface area contributed by atoms with E-state index in [1.807, 2.05) is 25.2 Å². The van der Waals surface area contributed by atoms with Crippen LogP contribution in [-0.4, -0.2) is 16.1 Å². The average molecular weight is 320 g/mol. The van der Waals surface area contributed by atoms with Crippen molar-refractivity contribution in [1.29, 1.82) is 0 Å². The summed E-state index contributed by atoms with van der Waals surface area (Å²) in [7, 11) is 2.00. The van der Waals surface area contributed by atoms with Gasteiger partial charge in [-0.05, 0) is 28.5 Å². The zero-order valence-electron chi connectivity index (χ0n) is 10.6. The molecule has 3 aromatic rings. The first-order valence-electron chi connectivity index (χ1n) is 6.10. The molecular weight excluding hydrogens is 306 g/mol. The first kappa shape index (κ1) is 12.4. The molecule has 2 aromatic heterocycles. The van der Waals surface area contributed by atoms with Gasteiger partial charge >= 0.3 is 0 Å². The number of halogens is 1. The maximum Gasteiger partial charge on any atom is 0.134 e. The highest BCUT2D eigenvalue weighted by Crippen LogP contribution is 2.35. The maximum absolute atomic E-state index is 5.61. The Morgan fingerprint density at radius 2 is 2.16 bits per heavy atom. The smallest absolute Gasteiger partial charge is 0.134 e. The van der Waals surface area contributed by atoms with Gasteiger partial charge in [0.2, 0.25) is 0 Å². The summed E-state index contributed by atoms with van der Waals surface area (Å²) >= 11 is 3.53. The van der Waals surface area contributed by atoms with Gasteiger partial charge in [-0.15, -0.1) is 0 Å². The number of hydrogen-bond acceptors (Lipinski definition) is 3. The Balaban J connectivity index is 2.21. The lowest BCUT2D eigenvalue weighted by Gasteiger charge is -2.04. The van der Waals surface area contributed by atoms with Crippen molar-refractivity contribution in [2.75, 3.05) is 6.54 Å². The molecule has 0 fully saturated rings. The second-order valence-electron chi connectivity index (χ2n) is 4.41. The van der Waals surface area contributed by atoms with Crippen LogP contribution < -0.4 is 5.73 Å². The van der Waals surface area contributed by atoms with Crippen LogP contribution in [0.2, 0.25) is 0 Å². The first-order valence-corrected chi connectivity index (χ1v) is 6.89. The molecule has 0 bridgehead atoms. The fourth-order valence-electron chi connectivity index (χ4n) is 2.31. The van der Waals surface area contributed by atoms with Crippen LogP contribution in [0.4, 0.5) is 0 Å². The van der Waals surface area contributed by atoms with Gasteiger partial charge in [0.1, 0.15) is 22.3 Å². The fourth-order valence-corrected chi connectivity index (χ4v) is 3.00. The van der Waals surface area contributed by atoms with Gasteiger partial charge in [0.25, 0.3) is 0 Å². The Bertz CT molecular complexity index is 729. The predicted molar refractivity (Wildman–Crippen MR) is 78.9 cm³/mol. The van der Waals surface area contributed by atoms with E-state index >= 15 is 0 Å². The highest BCUT2D eigenvalue weighted by Gasteiger charge is 2.17. The number of imidazole rings is 1. The first-order chi connectivity index (χ1) is 9.22. The van der Waals surface area contributed by atoms with Crippen molar-refractivity contribution in [3.8, 4) is 11.3 Å². The monoisotopic (exact) mass is 319 g/mol. The molecule has 0 aliphatic rings. The predicted octanol–water partition coefficient (Wildman–Crippen LogP) is 3.10. The quantitative estimate of drug-likeness (QED) is 0.807. The van der Waals surface area contributed by atoms with Crippen molar-refractivity contribution in [3.63, 3.8) is 0 Å². The van der Waals surface area contributed by atoms with Crippen molar-refractivity contribution in [3.05, 3.63) is 41.0 Å². The largest absolute Gasteiger partial charge is 0.464 e. The van der Waals surface area contributed by atoms with E-state index in [1.165, 1.54) is 0 Å². The summed E-state index contributed by atoms with van der Waals surface area (Å²) in [5.74, 6) is 0.967. The third-order valence-corrected chi connectivity index (χ3v) is 3.80. The fraction of sp³-hybridized carbons (Fsp3) is 0.214. The molecule has 98 valence electrons. The average Bonchev–Trinajstić information content (AvgIpc) is 2.93. The van der Waals surface area contributed by atoms with Crippen molar-refractivity contribution in [1.82, 2.24) is 9.55 Å². The molecule has 0 saturated heterocycles. The molecule has 5 heteroatoms. The lowest BCUT2D eigenvalue weighted by molar-refractivity contribution is 0.616.